The summed E-state index contributed by atoms with van der Waals surface area (Å²) < 4.78 is 10.7. The van der Waals surface area contributed by atoms with E-state index in [1.807, 2.05) is 41.3 Å². The van der Waals surface area contributed by atoms with E-state index in [0.29, 0.717) is 31.2 Å². The molecule has 1 saturated heterocycles. The Labute approximate surface area is 157 Å². The van der Waals surface area contributed by atoms with Crippen LogP contribution in [0.15, 0.2) is 53.1 Å². The molecule has 1 aromatic heterocycles. The summed E-state index contributed by atoms with van der Waals surface area (Å²) in [4.78, 5) is 18.8. The van der Waals surface area contributed by atoms with Crippen LogP contribution in [0.5, 0.6) is 5.75 Å². The molecule has 1 aliphatic heterocycles. The minimum absolute atomic E-state index is 0.0748. The van der Waals surface area contributed by atoms with Crippen molar-refractivity contribution < 1.29 is 14.1 Å². The van der Waals surface area contributed by atoms with Gasteiger partial charge < -0.3 is 14.2 Å². The summed E-state index contributed by atoms with van der Waals surface area (Å²) >= 11 is 0. The molecule has 0 spiro atoms. The summed E-state index contributed by atoms with van der Waals surface area (Å²) in [6.45, 7) is 3.25. The van der Waals surface area contributed by atoms with Crippen LogP contribution in [0.25, 0.3) is 11.4 Å². The molecule has 27 heavy (non-hydrogen) atoms. The molecule has 0 bridgehead atoms. The first-order valence-electron chi connectivity index (χ1n) is 8.94. The number of aryl methyl sites for hydroxylation is 1. The smallest absolute Gasteiger partial charge is 0.232 e. The Morgan fingerprint density at radius 1 is 1.22 bits per heavy atom. The molecule has 0 saturated carbocycles. The fraction of sp³-hybridized carbons (Fsp3) is 0.286. The fourth-order valence-corrected chi connectivity index (χ4v) is 3.40. The predicted octanol–water partition coefficient (Wildman–Crippen LogP) is 3.57. The minimum Gasteiger partial charge on any atom is -0.497 e. The first kappa shape index (κ1) is 17.3. The third-order valence-electron chi connectivity index (χ3n) is 4.79. The van der Waals surface area contributed by atoms with Gasteiger partial charge in [0.25, 0.3) is 0 Å². The molecule has 2 aromatic carbocycles. The second kappa shape index (κ2) is 7.23. The molecule has 3 aromatic rings. The number of nitrogens with zero attached hydrogens (tertiary/aromatic N) is 3. The third-order valence-corrected chi connectivity index (χ3v) is 4.79. The van der Waals surface area contributed by atoms with Gasteiger partial charge >= 0.3 is 0 Å². The topological polar surface area (TPSA) is 68.5 Å². The van der Waals surface area contributed by atoms with E-state index in [-0.39, 0.29) is 11.8 Å². The molecule has 0 aliphatic carbocycles. The Kier molecular flexibility index (Phi) is 4.62. The number of likely N-dealkylation sites (tertiary alicyclic amines) is 1. The Hall–Kier alpha value is -3.15. The lowest BCUT2D eigenvalue weighted by Gasteiger charge is -2.16. The molecule has 6 heteroatoms. The normalized spacial score (nSPS) is 16.7. The number of carbonyl (C=O) groups is 1. The van der Waals surface area contributed by atoms with Gasteiger partial charge in [-0.15, -0.1) is 0 Å². The van der Waals surface area contributed by atoms with Gasteiger partial charge in [0.1, 0.15) is 5.75 Å². The number of hydrogen-bond donors (Lipinski definition) is 0. The van der Waals surface area contributed by atoms with E-state index in [1.54, 1.807) is 7.11 Å². The lowest BCUT2D eigenvalue weighted by molar-refractivity contribution is -0.128. The van der Waals surface area contributed by atoms with E-state index in [9.17, 15) is 4.79 Å². The van der Waals surface area contributed by atoms with Crippen molar-refractivity contribution >= 4 is 5.91 Å². The maximum Gasteiger partial charge on any atom is 0.232 e. The third kappa shape index (κ3) is 3.69. The second-order valence-electron chi connectivity index (χ2n) is 6.85. The van der Waals surface area contributed by atoms with E-state index >= 15 is 0 Å². The van der Waals surface area contributed by atoms with Crippen LogP contribution >= 0.6 is 0 Å². The SMILES string of the molecule is COc1cccc(-c2noc(C3CC(=O)N(Cc4cccc(C)c4)C3)n2)c1. The van der Waals surface area contributed by atoms with Gasteiger partial charge in [0.05, 0.1) is 13.0 Å². The molecular weight excluding hydrogens is 342 g/mol. The summed E-state index contributed by atoms with van der Waals surface area (Å²) in [7, 11) is 1.62. The van der Waals surface area contributed by atoms with Gasteiger partial charge in [0, 0.05) is 25.1 Å². The average molecular weight is 363 g/mol. The Bertz CT molecular complexity index is 967. The summed E-state index contributed by atoms with van der Waals surface area (Å²) in [5.41, 5.74) is 3.15. The summed E-state index contributed by atoms with van der Waals surface area (Å²) in [6, 6.07) is 15.7. The molecule has 1 atom stereocenters. The molecule has 138 valence electrons. The van der Waals surface area contributed by atoms with Crippen molar-refractivity contribution in [2.75, 3.05) is 13.7 Å². The van der Waals surface area contributed by atoms with Crippen LogP contribution in [0.2, 0.25) is 0 Å². The number of rotatable bonds is 5. The van der Waals surface area contributed by atoms with Gasteiger partial charge in [-0.3, -0.25) is 4.79 Å². The maximum atomic E-state index is 12.4. The van der Waals surface area contributed by atoms with E-state index in [0.717, 1.165) is 16.9 Å². The van der Waals surface area contributed by atoms with Gasteiger partial charge in [-0.25, -0.2) is 0 Å². The Morgan fingerprint density at radius 2 is 2.07 bits per heavy atom. The van der Waals surface area contributed by atoms with Crippen molar-refractivity contribution in [2.45, 2.75) is 25.8 Å². The molecule has 2 heterocycles. The molecule has 1 amide bonds. The van der Waals surface area contributed by atoms with Crippen molar-refractivity contribution in [3.63, 3.8) is 0 Å². The maximum absolute atomic E-state index is 12.4. The number of carbonyl (C=O) groups excluding carboxylic acids is 1. The van der Waals surface area contributed by atoms with Gasteiger partial charge in [-0.2, -0.15) is 4.98 Å². The highest BCUT2D eigenvalue weighted by molar-refractivity contribution is 5.79. The van der Waals surface area contributed by atoms with Crippen molar-refractivity contribution in [3.8, 4) is 17.1 Å². The number of amides is 1. The van der Waals surface area contributed by atoms with Gasteiger partial charge in [0.15, 0.2) is 0 Å². The monoisotopic (exact) mass is 363 g/mol. The number of aromatic nitrogens is 2. The standard InChI is InChI=1S/C21H21N3O3/c1-14-5-3-6-15(9-14)12-24-13-17(11-19(24)25)21-22-20(23-27-21)16-7-4-8-18(10-16)26-2/h3-10,17H,11-13H2,1-2H3. The summed E-state index contributed by atoms with van der Waals surface area (Å²) in [5, 5.41) is 4.08. The highest BCUT2D eigenvalue weighted by Gasteiger charge is 2.34. The number of ether oxygens (including phenoxy) is 1. The zero-order valence-corrected chi connectivity index (χ0v) is 15.4. The van der Waals surface area contributed by atoms with Gasteiger partial charge in [-0.05, 0) is 24.6 Å². The largest absolute Gasteiger partial charge is 0.497 e. The van der Waals surface area contributed by atoms with E-state index < -0.39 is 0 Å². The number of hydrogen-bond acceptors (Lipinski definition) is 5. The summed E-state index contributed by atoms with van der Waals surface area (Å²) in [5.74, 6) is 1.79. The molecule has 0 N–H and O–H groups in total. The minimum atomic E-state index is -0.0748. The molecule has 4 rings (SSSR count). The predicted molar refractivity (Wildman–Crippen MR) is 100 cm³/mol. The van der Waals surface area contributed by atoms with Crippen LogP contribution in [0.3, 0.4) is 0 Å². The first-order valence-corrected chi connectivity index (χ1v) is 8.94. The average Bonchev–Trinajstić information content (AvgIpc) is 3.29. The summed E-state index contributed by atoms with van der Waals surface area (Å²) in [6.07, 6.45) is 0.394. The number of methoxy groups -OCH3 is 1. The van der Waals surface area contributed by atoms with Crippen molar-refractivity contribution in [1.82, 2.24) is 15.0 Å². The van der Waals surface area contributed by atoms with Crippen LogP contribution in [0.1, 0.15) is 29.4 Å². The zero-order valence-electron chi connectivity index (χ0n) is 15.4. The lowest BCUT2D eigenvalue weighted by atomic mass is 10.1. The molecule has 1 fully saturated rings. The molecule has 6 nitrogen and oxygen atoms in total. The number of benzene rings is 2. The molecule has 0 radical (unpaired) electrons. The first-order chi connectivity index (χ1) is 13.1. The van der Waals surface area contributed by atoms with E-state index in [2.05, 4.69) is 29.2 Å². The quantitative estimate of drug-likeness (QED) is 0.693. The molecular formula is C21H21N3O3. The van der Waals surface area contributed by atoms with E-state index in [1.165, 1.54) is 5.56 Å². The zero-order chi connectivity index (χ0) is 18.8. The lowest BCUT2D eigenvalue weighted by Crippen LogP contribution is -2.24. The van der Waals surface area contributed by atoms with Crippen molar-refractivity contribution in [2.24, 2.45) is 0 Å². The second-order valence-corrected chi connectivity index (χ2v) is 6.85. The Balaban J connectivity index is 1.48. The highest BCUT2D eigenvalue weighted by atomic mass is 16.5. The van der Waals surface area contributed by atoms with Crippen LogP contribution < -0.4 is 4.74 Å². The van der Waals surface area contributed by atoms with Crippen LogP contribution in [-0.4, -0.2) is 34.6 Å². The highest BCUT2D eigenvalue weighted by Crippen LogP contribution is 2.30. The van der Waals surface area contributed by atoms with Crippen molar-refractivity contribution in [3.05, 3.63) is 65.5 Å². The fourth-order valence-electron chi connectivity index (χ4n) is 3.40. The van der Waals surface area contributed by atoms with Crippen LogP contribution in [0, 0.1) is 6.92 Å². The van der Waals surface area contributed by atoms with Gasteiger partial charge in [-0.1, -0.05) is 47.1 Å². The van der Waals surface area contributed by atoms with Crippen LogP contribution in [0.4, 0.5) is 0 Å². The molecule has 1 unspecified atom stereocenters. The van der Waals surface area contributed by atoms with Crippen LogP contribution in [-0.2, 0) is 11.3 Å². The van der Waals surface area contributed by atoms with Crippen molar-refractivity contribution in [1.29, 1.82) is 0 Å². The van der Waals surface area contributed by atoms with E-state index in [4.69, 9.17) is 9.26 Å². The molecule has 1 aliphatic rings. The van der Waals surface area contributed by atoms with Gasteiger partial charge in [0.2, 0.25) is 17.6 Å². The Morgan fingerprint density at radius 3 is 2.89 bits per heavy atom.